The quantitative estimate of drug-likeness (QED) is 0.444. The van der Waals surface area contributed by atoms with Crippen molar-refractivity contribution in [2.24, 2.45) is 0 Å². The van der Waals surface area contributed by atoms with Crippen molar-refractivity contribution in [1.82, 2.24) is 19.7 Å². The number of aromatic nitrogens is 1. The number of methoxy groups -OCH3 is 1. The summed E-state index contributed by atoms with van der Waals surface area (Å²) < 4.78 is 18.4. The Balaban J connectivity index is 1.46. The summed E-state index contributed by atoms with van der Waals surface area (Å²) in [5.74, 6) is 0.423. The Morgan fingerprint density at radius 2 is 1.55 bits per heavy atom. The van der Waals surface area contributed by atoms with Crippen LogP contribution in [0.5, 0.6) is 5.75 Å². The van der Waals surface area contributed by atoms with Crippen LogP contribution < -0.4 is 10.1 Å². The van der Waals surface area contributed by atoms with Gasteiger partial charge in [-0.05, 0) is 77.4 Å². The number of benzene rings is 2. The Hall–Kier alpha value is -4.05. The molecule has 5 rings (SSSR count). The Morgan fingerprint density at radius 3 is 2.19 bits per heavy atom. The average molecular weight is 577 g/mol. The summed E-state index contributed by atoms with van der Waals surface area (Å²) >= 11 is 0. The molecule has 0 saturated carbocycles. The van der Waals surface area contributed by atoms with E-state index in [-0.39, 0.29) is 12.0 Å². The summed E-state index contributed by atoms with van der Waals surface area (Å²) in [7, 11) is 1.58. The molecule has 2 aliphatic rings. The number of piperazine rings is 1. The second-order valence-corrected chi connectivity index (χ2v) is 12.8. The molecule has 10 heteroatoms. The van der Waals surface area contributed by atoms with Gasteiger partial charge in [-0.3, -0.25) is 9.69 Å². The molecule has 1 fully saturated rings. The highest BCUT2D eigenvalue weighted by Crippen LogP contribution is 2.38. The van der Waals surface area contributed by atoms with Crippen molar-refractivity contribution in [2.45, 2.75) is 65.8 Å². The normalized spacial score (nSPS) is 15.9. The van der Waals surface area contributed by atoms with Crippen LogP contribution in [0.4, 0.5) is 9.59 Å². The van der Waals surface area contributed by atoms with Crippen molar-refractivity contribution < 1.29 is 28.6 Å². The number of hydrogen-bond donors (Lipinski definition) is 1. The van der Waals surface area contributed by atoms with Crippen molar-refractivity contribution in [3.63, 3.8) is 0 Å². The van der Waals surface area contributed by atoms with Gasteiger partial charge in [-0.25, -0.2) is 14.2 Å². The highest BCUT2D eigenvalue weighted by Gasteiger charge is 2.31. The predicted octanol–water partition coefficient (Wildman–Crippen LogP) is 5.40. The summed E-state index contributed by atoms with van der Waals surface area (Å²) in [5.41, 5.74) is 3.05. The first-order chi connectivity index (χ1) is 19.7. The van der Waals surface area contributed by atoms with Crippen LogP contribution in [0, 0.1) is 0 Å². The maximum atomic E-state index is 13.6. The van der Waals surface area contributed by atoms with E-state index in [2.05, 4.69) is 16.3 Å². The van der Waals surface area contributed by atoms with E-state index in [0.717, 1.165) is 29.6 Å². The number of amides is 2. The van der Waals surface area contributed by atoms with Gasteiger partial charge in [0.05, 0.1) is 23.9 Å². The molecule has 0 bridgehead atoms. The number of carbonyl (C=O) groups excluding carboxylic acids is 3. The molecule has 1 N–H and O–H groups in total. The standard InChI is InChI=1S/C32H40N4O6/c1-31(2,3)41-29(38)35-14-12-34(13-15-35)19-20-8-10-24-21(16-20)17-25(36(24)30(39)42-32(4,5)6)22-9-11-26(40-7)23-18-33-28(37)27(22)23/h8-11,16-17H,12-15,18-19H2,1-7H3,(H,33,37). The average Bonchev–Trinajstić information content (AvgIpc) is 3.47. The van der Waals surface area contributed by atoms with Crippen LogP contribution in [0.2, 0.25) is 0 Å². The van der Waals surface area contributed by atoms with E-state index in [1.54, 1.807) is 16.6 Å². The number of ether oxygens (including phenoxy) is 3. The second-order valence-electron chi connectivity index (χ2n) is 12.8. The van der Waals surface area contributed by atoms with Crippen molar-refractivity contribution in [3.8, 4) is 17.0 Å². The SMILES string of the molecule is COc1ccc(-c2cc3cc(CN4CCN(C(=O)OC(C)(C)C)CC4)ccc3n2C(=O)OC(C)(C)C)c2c1CNC2=O. The maximum absolute atomic E-state index is 13.6. The van der Waals surface area contributed by atoms with Crippen LogP contribution in [0.3, 0.4) is 0 Å². The summed E-state index contributed by atoms with van der Waals surface area (Å²) in [5, 5.41) is 3.75. The fourth-order valence-electron chi connectivity index (χ4n) is 5.46. The summed E-state index contributed by atoms with van der Waals surface area (Å²) in [6.07, 6.45) is -0.792. The smallest absolute Gasteiger partial charge is 0.419 e. The number of nitrogens with zero attached hydrogens (tertiary/aromatic N) is 3. The Bertz CT molecular complexity index is 1540. The van der Waals surface area contributed by atoms with Crippen LogP contribution in [-0.2, 0) is 22.6 Å². The van der Waals surface area contributed by atoms with Gasteiger partial charge < -0.3 is 24.4 Å². The van der Waals surface area contributed by atoms with E-state index >= 15 is 0 Å². The van der Waals surface area contributed by atoms with E-state index < -0.39 is 17.3 Å². The molecule has 42 heavy (non-hydrogen) atoms. The first kappa shape index (κ1) is 29.4. The van der Waals surface area contributed by atoms with Crippen LogP contribution in [-0.4, -0.2) is 77.0 Å². The molecular weight excluding hydrogens is 536 g/mol. The molecule has 3 heterocycles. The fourth-order valence-corrected chi connectivity index (χ4v) is 5.46. The van der Waals surface area contributed by atoms with Gasteiger partial charge in [0.25, 0.3) is 5.91 Å². The lowest BCUT2D eigenvalue weighted by atomic mass is 9.99. The van der Waals surface area contributed by atoms with Gasteiger partial charge in [0, 0.05) is 55.8 Å². The lowest BCUT2D eigenvalue weighted by Gasteiger charge is -2.35. The molecular formula is C32H40N4O6. The zero-order valence-corrected chi connectivity index (χ0v) is 25.5. The highest BCUT2D eigenvalue weighted by atomic mass is 16.6. The molecule has 2 amide bonds. The van der Waals surface area contributed by atoms with Crippen LogP contribution in [0.15, 0.2) is 36.4 Å². The molecule has 0 radical (unpaired) electrons. The van der Waals surface area contributed by atoms with Crippen molar-refractivity contribution >= 4 is 29.0 Å². The summed E-state index contributed by atoms with van der Waals surface area (Å²) in [6, 6.07) is 11.6. The summed E-state index contributed by atoms with van der Waals surface area (Å²) in [4.78, 5) is 43.0. The molecule has 3 aromatic rings. The molecule has 0 unspecified atom stereocenters. The molecule has 1 saturated heterocycles. The highest BCUT2D eigenvalue weighted by molar-refractivity contribution is 6.07. The van der Waals surface area contributed by atoms with Gasteiger partial charge in [0.15, 0.2) is 0 Å². The van der Waals surface area contributed by atoms with Crippen molar-refractivity contribution in [3.05, 3.63) is 53.1 Å². The zero-order chi connectivity index (χ0) is 30.4. The lowest BCUT2D eigenvalue weighted by Crippen LogP contribution is -2.49. The molecule has 0 spiro atoms. The first-order valence-electron chi connectivity index (χ1n) is 14.3. The molecule has 0 aliphatic carbocycles. The lowest BCUT2D eigenvalue weighted by molar-refractivity contribution is 0.0138. The fraction of sp³-hybridized carbons (Fsp3) is 0.469. The summed E-state index contributed by atoms with van der Waals surface area (Å²) in [6.45, 7) is 14.8. The van der Waals surface area contributed by atoms with Gasteiger partial charge in [0.1, 0.15) is 17.0 Å². The predicted molar refractivity (Wildman–Crippen MR) is 160 cm³/mol. The minimum absolute atomic E-state index is 0.203. The number of carbonyl (C=O) groups is 3. The van der Waals surface area contributed by atoms with Crippen molar-refractivity contribution in [1.29, 1.82) is 0 Å². The third-order valence-corrected chi connectivity index (χ3v) is 7.29. The Kier molecular flexibility index (Phi) is 7.70. The van der Waals surface area contributed by atoms with Gasteiger partial charge in [-0.1, -0.05) is 6.07 Å². The minimum atomic E-state index is -0.703. The van der Waals surface area contributed by atoms with Gasteiger partial charge >= 0.3 is 12.2 Å². The molecule has 10 nitrogen and oxygen atoms in total. The van der Waals surface area contributed by atoms with E-state index in [4.69, 9.17) is 14.2 Å². The zero-order valence-electron chi connectivity index (χ0n) is 25.5. The number of fused-ring (bicyclic) bond motifs is 2. The molecule has 0 atom stereocenters. The van der Waals surface area contributed by atoms with E-state index in [1.165, 1.54) is 0 Å². The molecule has 2 aromatic carbocycles. The molecule has 224 valence electrons. The Morgan fingerprint density at radius 1 is 0.881 bits per heavy atom. The first-order valence-corrected chi connectivity index (χ1v) is 14.3. The number of hydrogen-bond acceptors (Lipinski definition) is 7. The second kappa shape index (κ2) is 11.0. The monoisotopic (exact) mass is 576 g/mol. The maximum Gasteiger partial charge on any atom is 0.419 e. The molecule has 2 aliphatic heterocycles. The Labute approximate surface area is 246 Å². The van der Waals surface area contributed by atoms with E-state index in [0.29, 0.717) is 54.3 Å². The van der Waals surface area contributed by atoms with Crippen LogP contribution in [0.1, 0.15) is 63.0 Å². The van der Waals surface area contributed by atoms with Gasteiger partial charge in [-0.15, -0.1) is 0 Å². The van der Waals surface area contributed by atoms with E-state index in [9.17, 15) is 14.4 Å². The van der Waals surface area contributed by atoms with E-state index in [1.807, 2.05) is 71.9 Å². The number of nitrogens with one attached hydrogen (secondary N) is 1. The van der Waals surface area contributed by atoms with Crippen LogP contribution >= 0.6 is 0 Å². The third-order valence-electron chi connectivity index (χ3n) is 7.29. The number of rotatable bonds is 4. The molecule has 1 aromatic heterocycles. The third kappa shape index (κ3) is 6.09. The minimum Gasteiger partial charge on any atom is -0.496 e. The largest absolute Gasteiger partial charge is 0.496 e. The topological polar surface area (TPSA) is 102 Å². The van der Waals surface area contributed by atoms with Crippen LogP contribution in [0.25, 0.3) is 22.2 Å². The van der Waals surface area contributed by atoms with Crippen molar-refractivity contribution in [2.75, 3.05) is 33.3 Å². The van der Waals surface area contributed by atoms with Gasteiger partial charge in [-0.2, -0.15) is 0 Å². The van der Waals surface area contributed by atoms with Gasteiger partial charge in [0.2, 0.25) is 0 Å².